The Kier molecular flexibility index (Phi) is 4.95. The zero-order valence-corrected chi connectivity index (χ0v) is 11.4. The fraction of sp³-hybridized carbons (Fsp3) is 0.538. The van der Waals surface area contributed by atoms with Crippen LogP contribution in [0.5, 0.6) is 0 Å². The maximum Gasteiger partial charge on any atom is 0.0610 e. The van der Waals surface area contributed by atoms with Crippen molar-refractivity contribution >= 4 is 11.6 Å². The van der Waals surface area contributed by atoms with Crippen molar-refractivity contribution in [3.05, 3.63) is 34.9 Å². The summed E-state index contributed by atoms with van der Waals surface area (Å²) in [6, 6.07) is 7.69. The average molecular weight is 257 g/mol. The summed E-state index contributed by atoms with van der Waals surface area (Å²) in [5.41, 5.74) is 6.51. The molecule has 3 nitrogen and oxygen atoms in total. The van der Waals surface area contributed by atoms with Gasteiger partial charge in [-0.3, -0.25) is 4.90 Å². The Hall–Kier alpha value is -0.610. The number of aliphatic hydroxyl groups is 1. The number of halogens is 1. The van der Waals surface area contributed by atoms with E-state index < -0.39 is 0 Å². The van der Waals surface area contributed by atoms with Gasteiger partial charge in [0.1, 0.15) is 0 Å². The number of hydrogen-bond acceptors (Lipinski definition) is 3. The number of likely N-dealkylation sites (N-methyl/N-ethyl adjacent to an activating group) is 1. The van der Waals surface area contributed by atoms with Crippen LogP contribution in [-0.4, -0.2) is 35.7 Å². The maximum absolute atomic E-state index is 9.41. The van der Waals surface area contributed by atoms with E-state index in [2.05, 4.69) is 4.90 Å². The summed E-state index contributed by atoms with van der Waals surface area (Å²) in [5, 5.41) is 10.1. The van der Waals surface area contributed by atoms with Crippen molar-refractivity contribution in [2.24, 2.45) is 5.73 Å². The third-order valence-corrected chi connectivity index (χ3v) is 3.64. The molecule has 0 aliphatic carbocycles. The first kappa shape index (κ1) is 14.5. The molecule has 1 atom stereocenters. The van der Waals surface area contributed by atoms with Crippen LogP contribution < -0.4 is 5.73 Å². The van der Waals surface area contributed by atoms with Crippen LogP contribution in [0.1, 0.15) is 25.5 Å². The van der Waals surface area contributed by atoms with Crippen molar-refractivity contribution in [2.45, 2.75) is 25.4 Å². The van der Waals surface area contributed by atoms with Gasteiger partial charge in [-0.2, -0.15) is 0 Å². The molecule has 0 saturated carbocycles. The molecule has 0 aliphatic heterocycles. The molecule has 0 spiro atoms. The molecule has 0 amide bonds. The van der Waals surface area contributed by atoms with Crippen LogP contribution in [0.4, 0.5) is 0 Å². The largest absolute Gasteiger partial charge is 0.394 e. The van der Waals surface area contributed by atoms with E-state index in [4.69, 9.17) is 17.3 Å². The Morgan fingerprint density at radius 1 is 1.41 bits per heavy atom. The smallest absolute Gasteiger partial charge is 0.0610 e. The molecule has 3 N–H and O–H groups in total. The molecule has 17 heavy (non-hydrogen) atoms. The molecule has 1 rings (SSSR count). The number of aliphatic hydroxyl groups excluding tert-OH is 1. The molecular weight excluding hydrogens is 236 g/mol. The Bertz CT molecular complexity index is 368. The summed E-state index contributed by atoms with van der Waals surface area (Å²) in [5.74, 6) is 0. The van der Waals surface area contributed by atoms with Crippen molar-refractivity contribution in [3.8, 4) is 0 Å². The monoisotopic (exact) mass is 256 g/mol. The van der Waals surface area contributed by atoms with E-state index in [1.165, 1.54) is 0 Å². The van der Waals surface area contributed by atoms with Gasteiger partial charge in [0.2, 0.25) is 0 Å². The van der Waals surface area contributed by atoms with Gasteiger partial charge in [0.25, 0.3) is 0 Å². The Morgan fingerprint density at radius 2 is 2.00 bits per heavy atom. The minimum absolute atomic E-state index is 0.00542. The maximum atomic E-state index is 9.41. The number of benzene rings is 1. The highest BCUT2D eigenvalue weighted by atomic mass is 35.5. The predicted octanol–water partition coefficient (Wildman–Crippen LogP) is 2.04. The normalized spacial score (nSPS) is 14.1. The quantitative estimate of drug-likeness (QED) is 0.848. The lowest BCUT2D eigenvalue weighted by Gasteiger charge is -2.40. The van der Waals surface area contributed by atoms with Crippen LogP contribution in [0.3, 0.4) is 0 Å². The Balaban J connectivity index is 3.04. The van der Waals surface area contributed by atoms with Crippen molar-refractivity contribution in [1.29, 1.82) is 0 Å². The third-order valence-electron chi connectivity index (χ3n) is 3.30. The van der Waals surface area contributed by atoms with Gasteiger partial charge >= 0.3 is 0 Å². The summed E-state index contributed by atoms with van der Waals surface area (Å²) >= 11 is 6.19. The first-order valence-corrected chi connectivity index (χ1v) is 6.10. The second kappa shape index (κ2) is 5.83. The van der Waals surface area contributed by atoms with E-state index in [1.807, 2.05) is 45.2 Å². The fourth-order valence-corrected chi connectivity index (χ4v) is 2.03. The van der Waals surface area contributed by atoms with Crippen molar-refractivity contribution in [2.75, 3.05) is 20.2 Å². The molecule has 0 fully saturated rings. The van der Waals surface area contributed by atoms with Crippen LogP contribution in [0.2, 0.25) is 5.02 Å². The Labute approximate surface area is 108 Å². The van der Waals surface area contributed by atoms with E-state index in [1.54, 1.807) is 0 Å². The van der Waals surface area contributed by atoms with Crippen LogP contribution in [-0.2, 0) is 0 Å². The topological polar surface area (TPSA) is 49.5 Å². The lowest BCUT2D eigenvalue weighted by Crippen LogP contribution is -2.48. The van der Waals surface area contributed by atoms with E-state index in [0.717, 1.165) is 5.56 Å². The first-order chi connectivity index (χ1) is 7.94. The van der Waals surface area contributed by atoms with E-state index >= 15 is 0 Å². The van der Waals surface area contributed by atoms with E-state index in [-0.39, 0.29) is 18.2 Å². The Morgan fingerprint density at radius 3 is 2.47 bits per heavy atom. The number of hydrogen-bond donors (Lipinski definition) is 2. The molecule has 0 bridgehead atoms. The molecule has 4 heteroatoms. The lowest BCUT2D eigenvalue weighted by molar-refractivity contribution is 0.0470. The summed E-state index contributed by atoms with van der Waals surface area (Å²) in [6.45, 7) is 4.49. The summed E-state index contributed by atoms with van der Waals surface area (Å²) in [4.78, 5) is 2.06. The number of nitrogens with two attached hydrogens (primary N) is 1. The van der Waals surface area contributed by atoms with Gasteiger partial charge in [-0.25, -0.2) is 0 Å². The second-order valence-corrected chi connectivity index (χ2v) is 5.26. The number of rotatable bonds is 5. The highest BCUT2D eigenvalue weighted by molar-refractivity contribution is 6.31. The van der Waals surface area contributed by atoms with Gasteiger partial charge in [-0.05, 0) is 32.5 Å². The zero-order chi connectivity index (χ0) is 13.1. The van der Waals surface area contributed by atoms with Crippen molar-refractivity contribution in [1.82, 2.24) is 4.90 Å². The zero-order valence-electron chi connectivity index (χ0n) is 10.7. The average Bonchev–Trinajstić information content (AvgIpc) is 2.32. The van der Waals surface area contributed by atoms with Gasteiger partial charge in [-0.15, -0.1) is 0 Å². The molecule has 0 aliphatic rings. The molecule has 0 saturated heterocycles. The molecule has 96 valence electrons. The van der Waals surface area contributed by atoms with Gasteiger partial charge in [-0.1, -0.05) is 29.8 Å². The molecule has 0 heterocycles. The minimum Gasteiger partial charge on any atom is -0.394 e. The van der Waals surface area contributed by atoms with Crippen LogP contribution in [0, 0.1) is 0 Å². The van der Waals surface area contributed by atoms with E-state index in [0.29, 0.717) is 11.6 Å². The van der Waals surface area contributed by atoms with E-state index in [9.17, 15) is 5.11 Å². The lowest BCUT2D eigenvalue weighted by atomic mass is 9.98. The van der Waals surface area contributed by atoms with Gasteiger partial charge in [0.15, 0.2) is 0 Å². The highest BCUT2D eigenvalue weighted by Gasteiger charge is 2.29. The van der Waals surface area contributed by atoms with Gasteiger partial charge < -0.3 is 10.8 Å². The molecule has 0 radical (unpaired) electrons. The first-order valence-electron chi connectivity index (χ1n) is 5.72. The highest BCUT2D eigenvalue weighted by Crippen LogP contribution is 2.30. The summed E-state index contributed by atoms with van der Waals surface area (Å²) in [6.07, 6.45) is 0. The summed E-state index contributed by atoms with van der Waals surface area (Å²) in [7, 11) is 1.96. The third kappa shape index (κ3) is 3.19. The predicted molar refractivity (Wildman–Crippen MR) is 72.2 cm³/mol. The SMILES string of the molecule is CN(C(CN)c1ccccc1Cl)C(C)(C)CO. The molecule has 1 aromatic rings. The molecular formula is C13H21ClN2O. The molecule has 1 unspecified atom stereocenters. The molecule has 1 aromatic carbocycles. The number of nitrogens with zero attached hydrogens (tertiary/aromatic N) is 1. The van der Waals surface area contributed by atoms with Crippen LogP contribution in [0.15, 0.2) is 24.3 Å². The second-order valence-electron chi connectivity index (χ2n) is 4.85. The van der Waals surface area contributed by atoms with Crippen LogP contribution >= 0.6 is 11.6 Å². The fourth-order valence-electron chi connectivity index (χ4n) is 1.77. The van der Waals surface area contributed by atoms with Gasteiger partial charge in [0, 0.05) is 23.1 Å². The summed E-state index contributed by atoms with van der Waals surface area (Å²) < 4.78 is 0. The van der Waals surface area contributed by atoms with Crippen LogP contribution in [0.25, 0.3) is 0 Å². The minimum atomic E-state index is -0.330. The van der Waals surface area contributed by atoms with Crippen molar-refractivity contribution in [3.63, 3.8) is 0 Å². The van der Waals surface area contributed by atoms with Gasteiger partial charge in [0.05, 0.1) is 6.61 Å². The van der Waals surface area contributed by atoms with Crippen molar-refractivity contribution < 1.29 is 5.11 Å². The standard InChI is InChI=1S/C13H21ClN2O/c1-13(2,9-17)16(3)12(8-15)10-6-4-5-7-11(10)14/h4-7,12,17H,8-9,15H2,1-3H3. The molecule has 0 aromatic heterocycles.